The zero-order valence-corrected chi connectivity index (χ0v) is 11.7. The number of hydrogen-bond donors (Lipinski definition) is 2. The van der Waals surface area contributed by atoms with Crippen molar-refractivity contribution in [2.45, 2.75) is 6.92 Å². The van der Waals surface area contributed by atoms with Crippen LogP contribution in [-0.4, -0.2) is 6.03 Å². The summed E-state index contributed by atoms with van der Waals surface area (Å²) >= 11 is 11.9. The van der Waals surface area contributed by atoms with Crippen LogP contribution in [0.1, 0.15) is 5.56 Å². The lowest BCUT2D eigenvalue weighted by atomic mass is 10.2. The maximum absolute atomic E-state index is 11.8. The molecule has 0 unspecified atom stereocenters. The number of carbonyl (C=O) groups is 1. The molecule has 3 nitrogen and oxygen atoms in total. The minimum absolute atomic E-state index is 0.368. The van der Waals surface area contributed by atoms with Crippen molar-refractivity contribution >= 4 is 40.6 Å². The molecule has 0 fully saturated rings. The van der Waals surface area contributed by atoms with Gasteiger partial charge in [0.15, 0.2) is 0 Å². The van der Waals surface area contributed by atoms with E-state index in [9.17, 15) is 4.79 Å². The average Bonchev–Trinajstić information content (AvgIpc) is 2.33. The van der Waals surface area contributed by atoms with Gasteiger partial charge in [0.1, 0.15) is 0 Å². The normalized spacial score (nSPS) is 10.1. The summed E-state index contributed by atoms with van der Waals surface area (Å²) in [5, 5.41) is 6.42. The fourth-order valence-corrected chi connectivity index (χ4v) is 2.05. The van der Waals surface area contributed by atoms with Crippen LogP contribution in [0.2, 0.25) is 10.0 Å². The molecule has 0 radical (unpaired) electrons. The minimum Gasteiger partial charge on any atom is -0.308 e. The summed E-state index contributed by atoms with van der Waals surface area (Å²) in [6, 6.07) is 12.0. The van der Waals surface area contributed by atoms with Gasteiger partial charge in [-0.3, -0.25) is 0 Å². The van der Waals surface area contributed by atoms with Crippen molar-refractivity contribution in [1.29, 1.82) is 0 Å². The lowest BCUT2D eigenvalue weighted by Gasteiger charge is -2.09. The van der Waals surface area contributed by atoms with E-state index in [0.717, 1.165) is 5.56 Å². The minimum atomic E-state index is -0.368. The first kappa shape index (κ1) is 13.7. The lowest BCUT2D eigenvalue weighted by Crippen LogP contribution is -2.19. The molecule has 0 saturated heterocycles. The number of hydrogen-bond acceptors (Lipinski definition) is 1. The highest BCUT2D eigenvalue weighted by Gasteiger charge is 2.06. The maximum atomic E-state index is 11.8. The molecule has 2 amide bonds. The van der Waals surface area contributed by atoms with Crippen molar-refractivity contribution in [3.63, 3.8) is 0 Å². The van der Waals surface area contributed by atoms with Gasteiger partial charge in [0.25, 0.3) is 0 Å². The summed E-state index contributed by atoms with van der Waals surface area (Å²) in [5.74, 6) is 0. The Balaban J connectivity index is 2.05. The number of nitrogens with one attached hydrogen (secondary N) is 2. The van der Waals surface area contributed by atoms with Gasteiger partial charge in [-0.2, -0.15) is 0 Å². The molecule has 2 rings (SSSR count). The quantitative estimate of drug-likeness (QED) is 0.809. The molecule has 2 aromatic carbocycles. The van der Waals surface area contributed by atoms with Crippen LogP contribution in [0.3, 0.4) is 0 Å². The van der Waals surface area contributed by atoms with Crippen LogP contribution in [0.15, 0.2) is 42.5 Å². The zero-order valence-electron chi connectivity index (χ0n) is 10.2. The molecule has 0 aliphatic heterocycles. The first-order chi connectivity index (χ1) is 9.04. The van der Waals surface area contributed by atoms with E-state index in [1.165, 1.54) is 0 Å². The van der Waals surface area contributed by atoms with Crippen LogP contribution >= 0.6 is 23.2 Å². The fraction of sp³-hybridized carbons (Fsp3) is 0.0714. The van der Waals surface area contributed by atoms with E-state index in [1.54, 1.807) is 36.4 Å². The molecule has 0 saturated carbocycles. The second kappa shape index (κ2) is 5.95. The van der Waals surface area contributed by atoms with Gasteiger partial charge < -0.3 is 10.6 Å². The molecule has 19 heavy (non-hydrogen) atoms. The first-order valence-electron chi connectivity index (χ1n) is 5.64. The summed E-state index contributed by atoms with van der Waals surface area (Å²) in [5.41, 5.74) is 2.21. The number of rotatable bonds is 2. The van der Waals surface area contributed by atoms with E-state index in [2.05, 4.69) is 10.6 Å². The second-order valence-corrected chi connectivity index (χ2v) is 4.92. The van der Waals surface area contributed by atoms with Gasteiger partial charge >= 0.3 is 6.03 Å². The van der Waals surface area contributed by atoms with E-state index >= 15 is 0 Å². The van der Waals surface area contributed by atoms with Gasteiger partial charge in [0.05, 0.1) is 10.7 Å². The largest absolute Gasteiger partial charge is 0.323 e. The highest BCUT2D eigenvalue weighted by atomic mass is 35.5. The van der Waals surface area contributed by atoms with Gasteiger partial charge in [-0.1, -0.05) is 35.3 Å². The molecule has 98 valence electrons. The van der Waals surface area contributed by atoms with Crippen LogP contribution in [0.5, 0.6) is 0 Å². The fourth-order valence-electron chi connectivity index (χ4n) is 1.57. The van der Waals surface area contributed by atoms with E-state index in [-0.39, 0.29) is 6.03 Å². The molecular weight excluding hydrogens is 283 g/mol. The Bertz CT molecular complexity index is 614. The third kappa shape index (κ3) is 3.88. The summed E-state index contributed by atoms with van der Waals surface area (Å²) in [7, 11) is 0. The van der Waals surface area contributed by atoms with Gasteiger partial charge in [0.2, 0.25) is 0 Å². The van der Waals surface area contributed by atoms with Crippen LogP contribution in [0.4, 0.5) is 16.2 Å². The number of carbonyl (C=O) groups excluding carboxylic acids is 1. The van der Waals surface area contributed by atoms with Gasteiger partial charge in [-0.25, -0.2) is 4.79 Å². The van der Waals surface area contributed by atoms with Gasteiger partial charge in [0, 0.05) is 10.7 Å². The molecule has 2 N–H and O–H groups in total. The summed E-state index contributed by atoms with van der Waals surface area (Å²) in [6.45, 7) is 1.93. The van der Waals surface area contributed by atoms with Gasteiger partial charge in [-0.15, -0.1) is 0 Å². The Labute approximate surface area is 121 Å². The zero-order chi connectivity index (χ0) is 13.8. The highest BCUT2D eigenvalue weighted by Crippen LogP contribution is 2.23. The molecule has 0 heterocycles. The second-order valence-electron chi connectivity index (χ2n) is 4.07. The number of aryl methyl sites for hydroxylation is 1. The predicted molar refractivity (Wildman–Crippen MR) is 80.3 cm³/mol. The monoisotopic (exact) mass is 294 g/mol. The first-order valence-corrected chi connectivity index (χ1v) is 6.40. The van der Waals surface area contributed by atoms with Crippen molar-refractivity contribution in [2.75, 3.05) is 10.6 Å². The highest BCUT2D eigenvalue weighted by molar-refractivity contribution is 6.34. The van der Waals surface area contributed by atoms with Crippen molar-refractivity contribution in [3.05, 3.63) is 58.1 Å². The summed E-state index contributed by atoms with van der Waals surface area (Å²) in [4.78, 5) is 11.8. The lowest BCUT2D eigenvalue weighted by molar-refractivity contribution is 0.262. The van der Waals surface area contributed by atoms with Gasteiger partial charge in [-0.05, 0) is 42.8 Å². The van der Waals surface area contributed by atoms with E-state index in [0.29, 0.717) is 21.4 Å². The Hall–Kier alpha value is -1.71. The SMILES string of the molecule is Cc1ccc(NC(=O)Nc2cccc(Cl)c2)c(Cl)c1. The number of urea groups is 1. The Kier molecular flexibility index (Phi) is 4.30. The molecule has 0 aromatic heterocycles. The maximum Gasteiger partial charge on any atom is 0.323 e. The molecule has 0 atom stereocenters. The smallest absolute Gasteiger partial charge is 0.308 e. The van der Waals surface area contributed by atoms with Crippen molar-refractivity contribution in [3.8, 4) is 0 Å². The summed E-state index contributed by atoms with van der Waals surface area (Å²) < 4.78 is 0. The van der Waals surface area contributed by atoms with Crippen LogP contribution < -0.4 is 10.6 Å². The number of anilines is 2. The van der Waals surface area contributed by atoms with Crippen LogP contribution in [-0.2, 0) is 0 Å². The van der Waals surface area contributed by atoms with E-state index in [4.69, 9.17) is 23.2 Å². The van der Waals surface area contributed by atoms with E-state index < -0.39 is 0 Å². The number of halogens is 2. The van der Waals surface area contributed by atoms with Crippen molar-refractivity contribution in [2.24, 2.45) is 0 Å². The molecule has 2 aromatic rings. The number of amides is 2. The van der Waals surface area contributed by atoms with E-state index in [1.807, 2.05) is 13.0 Å². The molecular formula is C14H12Cl2N2O. The van der Waals surface area contributed by atoms with Crippen LogP contribution in [0, 0.1) is 6.92 Å². The molecule has 0 aliphatic carbocycles. The number of benzene rings is 2. The van der Waals surface area contributed by atoms with Crippen molar-refractivity contribution < 1.29 is 4.79 Å². The molecule has 0 spiro atoms. The Morgan fingerprint density at radius 2 is 1.84 bits per heavy atom. The molecule has 0 bridgehead atoms. The average molecular weight is 295 g/mol. The topological polar surface area (TPSA) is 41.1 Å². The third-order valence-electron chi connectivity index (χ3n) is 2.46. The van der Waals surface area contributed by atoms with Crippen molar-refractivity contribution in [1.82, 2.24) is 0 Å². The van der Waals surface area contributed by atoms with Crippen LogP contribution in [0.25, 0.3) is 0 Å². The predicted octanol–water partition coefficient (Wildman–Crippen LogP) is 4.95. The molecule has 0 aliphatic rings. The third-order valence-corrected chi connectivity index (χ3v) is 3.00. The Morgan fingerprint density at radius 3 is 2.53 bits per heavy atom. The molecule has 5 heteroatoms. The Morgan fingerprint density at radius 1 is 1.05 bits per heavy atom. The summed E-state index contributed by atoms with van der Waals surface area (Å²) in [6.07, 6.45) is 0. The standard InChI is InChI=1S/C14H12Cl2N2O/c1-9-5-6-13(12(16)7-9)18-14(19)17-11-4-2-3-10(15)8-11/h2-8H,1H3,(H2,17,18,19).